The van der Waals surface area contributed by atoms with Crippen LogP contribution in [0.4, 0.5) is 4.79 Å². The molecule has 1 fully saturated rings. The maximum absolute atomic E-state index is 12.8. The molecule has 0 unspecified atom stereocenters. The van der Waals surface area contributed by atoms with Gasteiger partial charge < -0.3 is 9.47 Å². The van der Waals surface area contributed by atoms with E-state index >= 15 is 0 Å². The van der Waals surface area contributed by atoms with Crippen molar-refractivity contribution in [2.45, 2.75) is 20.4 Å². The summed E-state index contributed by atoms with van der Waals surface area (Å²) >= 11 is 19.2. The molecule has 1 heterocycles. The van der Waals surface area contributed by atoms with Crippen LogP contribution in [0.3, 0.4) is 0 Å². The van der Waals surface area contributed by atoms with Gasteiger partial charge in [0.15, 0.2) is 11.5 Å². The van der Waals surface area contributed by atoms with Crippen LogP contribution in [0.5, 0.6) is 11.5 Å². The lowest BCUT2D eigenvalue weighted by molar-refractivity contribution is -0.123. The zero-order valence-electron chi connectivity index (χ0n) is 16.2. The van der Waals surface area contributed by atoms with Crippen molar-refractivity contribution < 1.29 is 19.1 Å². The molecule has 1 aliphatic heterocycles. The largest absolute Gasteiger partial charge is 0.490 e. The van der Waals surface area contributed by atoms with Gasteiger partial charge in [-0.15, -0.1) is 0 Å². The van der Waals surface area contributed by atoms with E-state index in [-0.39, 0.29) is 17.7 Å². The summed E-state index contributed by atoms with van der Waals surface area (Å²) in [6.07, 6.45) is 1.61. The number of nitrogens with zero attached hydrogens (tertiary/aromatic N) is 1. The van der Waals surface area contributed by atoms with Crippen molar-refractivity contribution in [3.05, 3.63) is 61.4 Å². The molecule has 2 aromatic rings. The van der Waals surface area contributed by atoms with Gasteiger partial charge in [0, 0.05) is 0 Å². The molecule has 0 N–H and O–H groups in total. The molecule has 5 nitrogen and oxygen atoms in total. The third-order valence-electron chi connectivity index (χ3n) is 4.12. The van der Waals surface area contributed by atoms with Gasteiger partial charge >= 0.3 is 0 Å². The van der Waals surface area contributed by atoms with Crippen LogP contribution in [0.25, 0.3) is 6.08 Å². The number of rotatable bonds is 7. The van der Waals surface area contributed by atoms with E-state index in [1.807, 2.05) is 13.8 Å². The van der Waals surface area contributed by atoms with Crippen LogP contribution in [-0.4, -0.2) is 29.3 Å². The molecule has 1 aliphatic rings. The van der Waals surface area contributed by atoms with Gasteiger partial charge in [-0.05, 0) is 67.1 Å². The quantitative estimate of drug-likeness (QED) is 0.409. The minimum atomic E-state index is -0.390. The summed E-state index contributed by atoms with van der Waals surface area (Å²) in [5, 5.41) is 0.777. The van der Waals surface area contributed by atoms with Gasteiger partial charge in [0.2, 0.25) is 0 Å². The molecule has 1 saturated heterocycles. The molecule has 158 valence electrons. The number of hydrogen-bond donors (Lipinski definition) is 0. The van der Waals surface area contributed by atoms with Gasteiger partial charge in [-0.25, -0.2) is 0 Å². The van der Waals surface area contributed by atoms with Crippen LogP contribution in [-0.2, 0) is 11.3 Å². The number of imide groups is 1. The van der Waals surface area contributed by atoms with Crippen molar-refractivity contribution >= 4 is 63.8 Å². The monoisotopic (exact) mass is 485 g/mol. The van der Waals surface area contributed by atoms with Crippen molar-refractivity contribution in [3.8, 4) is 11.5 Å². The zero-order chi connectivity index (χ0) is 21.8. The second-order valence-electron chi connectivity index (χ2n) is 6.21. The second kappa shape index (κ2) is 9.96. The summed E-state index contributed by atoms with van der Waals surface area (Å²) in [5.74, 6) is 0.540. The van der Waals surface area contributed by atoms with Gasteiger partial charge in [-0.3, -0.25) is 14.5 Å². The fraction of sp³-hybridized carbons (Fsp3) is 0.238. The van der Waals surface area contributed by atoms with Crippen LogP contribution < -0.4 is 9.47 Å². The molecule has 0 saturated carbocycles. The standard InChI is InChI=1S/C21H18Cl3NO4S/c1-3-28-17-9-13(8-16(24)19(17)29-4-2)10-18-20(26)25(21(27)30-18)11-12-5-6-14(22)15(23)7-12/h5-10H,3-4,11H2,1-2H3/b18-10+. The maximum atomic E-state index is 12.8. The van der Waals surface area contributed by atoms with E-state index in [4.69, 9.17) is 44.3 Å². The van der Waals surface area contributed by atoms with Crippen molar-refractivity contribution in [3.63, 3.8) is 0 Å². The first-order chi connectivity index (χ1) is 14.3. The number of thioether (sulfide) groups is 1. The first-order valence-corrected chi connectivity index (χ1v) is 11.1. The first-order valence-electron chi connectivity index (χ1n) is 9.12. The Morgan fingerprint density at radius 3 is 2.37 bits per heavy atom. The summed E-state index contributed by atoms with van der Waals surface area (Å²) in [5.41, 5.74) is 1.34. The Kier molecular flexibility index (Phi) is 7.58. The Bertz CT molecular complexity index is 1030. The van der Waals surface area contributed by atoms with E-state index in [0.29, 0.717) is 55.8 Å². The molecule has 0 aromatic heterocycles. The molecule has 0 atom stereocenters. The molecule has 0 radical (unpaired) electrons. The third kappa shape index (κ3) is 5.06. The van der Waals surface area contributed by atoms with Crippen molar-refractivity contribution in [1.29, 1.82) is 0 Å². The van der Waals surface area contributed by atoms with E-state index in [9.17, 15) is 9.59 Å². The summed E-state index contributed by atoms with van der Waals surface area (Å²) in [6.45, 7) is 4.68. The van der Waals surface area contributed by atoms with Crippen molar-refractivity contribution in [2.75, 3.05) is 13.2 Å². The lowest BCUT2D eigenvalue weighted by atomic mass is 10.1. The highest BCUT2D eigenvalue weighted by Crippen LogP contribution is 2.39. The van der Waals surface area contributed by atoms with E-state index in [1.165, 1.54) is 0 Å². The van der Waals surface area contributed by atoms with Crippen molar-refractivity contribution in [1.82, 2.24) is 4.90 Å². The van der Waals surface area contributed by atoms with Gasteiger partial charge in [-0.1, -0.05) is 40.9 Å². The highest BCUT2D eigenvalue weighted by molar-refractivity contribution is 8.18. The number of carbonyl (C=O) groups excluding carboxylic acids is 2. The highest BCUT2D eigenvalue weighted by atomic mass is 35.5. The van der Waals surface area contributed by atoms with E-state index in [2.05, 4.69) is 0 Å². The van der Waals surface area contributed by atoms with Crippen LogP contribution in [0.1, 0.15) is 25.0 Å². The van der Waals surface area contributed by atoms with E-state index < -0.39 is 0 Å². The molecule has 9 heteroatoms. The number of halogens is 3. The molecule has 0 bridgehead atoms. The molecular weight excluding hydrogens is 469 g/mol. The number of hydrogen-bond acceptors (Lipinski definition) is 5. The summed E-state index contributed by atoms with van der Waals surface area (Å²) in [7, 11) is 0. The number of amides is 2. The Morgan fingerprint density at radius 2 is 1.70 bits per heavy atom. The topological polar surface area (TPSA) is 55.8 Å². The van der Waals surface area contributed by atoms with Gasteiger partial charge in [0.05, 0.1) is 39.7 Å². The Morgan fingerprint density at radius 1 is 0.967 bits per heavy atom. The Hall–Kier alpha value is -1.86. The van der Waals surface area contributed by atoms with Crippen molar-refractivity contribution in [2.24, 2.45) is 0 Å². The average molecular weight is 487 g/mol. The van der Waals surface area contributed by atoms with Gasteiger partial charge in [-0.2, -0.15) is 0 Å². The fourth-order valence-electron chi connectivity index (χ4n) is 2.83. The fourth-order valence-corrected chi connectivity index (χ4v) is 4.26. The summed E-state index contributed by atoms with van der Waals surface area (Å²) in [4.78, 5) is 26.7. The van der Waals surface area contributed by atoms with Gasteiger partial charge in [0.1, 0.15) is 0 Å². The molecule has 0 spiro atoms. The van der Waals surface area contributed by atoms with Crippen LogP contribution in [0, 0.1) is 0 Å². The molecular formula is C21H18Cl3NO4S. The maximum Gasteiger partial charge on any atom is 0.293 e. The molecule has 3 rings (SSSR count). The molecule has 0 aliphatic carbocycles. The van der Waals surface area contributed by atoms with E-state index in [1.54, 1.807) is 36.4 Å². The molecule has 2 aromatic carbocycles. The minimum Gasteiger partial charge on any atom is -0.490 e. The smallest absolute Gasteiger partial charge is 0.293 e. The predicted molar refractivity (Wildman–Crippen MR) is 122 cm³/mol. The normalized spacial score (nSPS) is 15.2. The predicted octanol–water partition coefficient (Wildman–Crippen LogP) is 6.68. The number of carbonyl (C=O) groups is 2. The highest BCUT2D eigenvalue weighted by Gasteiger charge is 2.35. The molecule has 2 amide bonds. The molecule has 30 heavy (non-hydrogen) atoms. The third-order valence-corrected chi connectivity index (χ3v) is 6.04. The number of benzene rings is 2. The second-order valence-corrected chi connectivity index (χ2v) is 8.43. The lowest BCUT2D eigenvalue weighted by Gasteiger charge is -2.14. The van der Waals surface area contributed by atoms with E-state index in [0.717, 1.165) is 16.7 Å². The summed E-state index contributed by atoms with van der Waals surface area (Å²) in [6, 6.07) is 8.39. The van der Waals surface area contributed by atoms with Crippen LogP contribution >= 0.6 is 46.6 Å². The Labute approximate surface area is 193 Å². The van der Waals surface area contributed by atoms with Gasteiger partial charge in [0.25, 0.3) is 11.1 Å². The average Bonchev–Trinajstić information content (AvgIpc) is 2.95. The van der Waals surface area contributed by atoms with Crippen LogP contribution in [0.15, 0.2) is 35.2 Å². The first kappa shape index (κ1) is 22.8. The summed E-state index contributed by atoms with van der Waals surface area (Å²) < 4.78 is 11.2. The number of ether oxygens (including phenoxy) is 2. The zero-order valence-corrected chi connectivity index (χ0v) is 19.3. The minimum absolute atomic E-state index is 0.104. The lowest BCUT2D eigenvalue weighted by Crippen LogP contribution is -2.27. The van der Waals surface area contributed by atoms with Crippen LogP contribution in [0.2, 0.25) is 15.1 Å². The SMILES string of the molecule is CCOc1cc(/C=C2/SC(=O)N(Cc3ccc(Cl)c(Cl)c3)C2=O)cc(Cl)c1OCC. The Balaban J connectivity index is 1.86.